The maximum Gasteiger partial charge on any atom is 0.0443 e. The number of benzene rings is 1. The molecule has 1 fully saturated rings. The van der Waals surface area contributed by atoms with Crippen molar-refractivity contribution in [3.8, 4) is 0 Å². The summed E-state index contributed by atoms with van der Waals surface area (Å²) in [4.78, 5) is 0. The van der Waals surface area contributed by atoms with Gasteiger partial charge in [-0.3, -0.25) is 0 Å². The Morgan fingerprint density at radius 1 is 1.27 bits per heavy atom. The molecule has 0 spiro atoms. The maximum absolute atomic E-state index is 8.64. The normalized spacial score (nSPS) is 24.1. The molecule has 2 N–H and O–H groups in total. The zero-order chi connectivity index (χ0) is 10.5. The lowest BCUT2D eigenvalue weighted by Gasteiger charge is -2.02. The van der Waals surface area contributed by atoms with Crippen LogP contribution in [0.1, 0.15) is 24.3 Å². The Balaban J connectivity index is 1.68. The van der Waals surface area contributed by atoms with E-state index in [1.54, 1.807) is 0 Å². The van der Waals surface area contributed by atoms with Crippen molar-refractivity contribution in [1.29, 1.82) is 0 Å². The molecule has 2 heteroatoms. The van der Waals surface area contributed by atoms with Crippen LogP contribution in [0.3, 0.4) is 0 Å². The molecule has 0 aliphatic heterocycles. The van der Waals surface area contributed by atoms with Crippen LogP contribution in [-0.2, 0) is 0 Å². The Labute approximate surface area is 91.3 Å². The second kappa shape index (κ2) is 5.29. The van der Waals surface area contributed by atoms with Crippen LogP contribution >= 0.6 is 0 Å². The number of hydrogen-bond acceptors (Lipinski definition) is 2. The lowest BCUT2D eigenvalue weighted by Crippen LogP contribution is -2.19. The maximum atomic E-state index is 8.64. The summed E-state index contributed by atoms with van der Waals surface area (Å²) in [5, 5.41) is 12.0. The molecule has 0 bridgehead atoms. The summed E-state index contributed by atoms with van der Waals surface area (Å²) in [6.45, 7) is 2.33. The predicted octanol–water partition coefficient (Wildman–Crippen LogP) is 1.76. The van der Waals surface area contributed by atoms with Crippen LogP contribution < -0.4 is 5.32 Å². The topological polar surface area (TPSA) is 32.3 Å². The summed E-state index contributed by atoms with van der Waals surface area (Å²) in [6.07, 6.45) is 2.18. The summed E-state index contributed by atoms with van der Waals surface area (Å²) < 4.78 is 0. The van der Waals surface area contributed by atoms with E-state index in [0.717, 1.165) is 31.3 Å². The largest absolute Gasteiger partial charge is 0.396 e. The highest BCUT2D eigenvalue weighted by Crippen LogP contribution is 2.46. The van der Waals surface area contributed by atoms with Gasteiger partial charge in [0.25, 0.3) is 0 Å². The third-order valence-electron chi connectivity index (χ3n) is 3.07. The van der Waals surface area contributed by atoms with Gasteiger partial charge >= 0.3 is 0 Å². The zero-order valence-corrected chi connectivity index (χ0v) is 9.02. The minimum atomic E-state index is 0.291. The van der Waals surface area contributed by atoms with Crippen LogP contribution in [0, 0.1) is 5.92 Å². The van der Waals surface area contributed by atoms with E-state index in [1.165, 1.54) is 12.0 Å². The lowest BCUT2D eigenvalue weighted by molar-refractivity contribution is 0.286. The molecule has 2 nitrogen and oxygen atoms in total. The Kier molecular flexibility index (Phi) is 3.75. The van der Waals surface area contributed by atoms with Gasteiger partial charge < -0.3 is 10.4 Å². The minimum Gasteiger partial charge on any atom is -0.396 e. The fourth-order valence-corrected chi connectivity index (χ4v) is 2.07. The molecule has 2 rings (SSSR count). The van der Waals surface area contributed by atoms with Crippen molar-refractivity contribution in [1.82, 2.24) is 5.32 Å². The molecule has 0 saturated heterocycles. The fraction of sp³-hybridized carbons (Fsp3) is 0.538. The smallest absolute Gasteiger partial charge is 0.0443 e. The molecule has 2 atom stereocenters. The Hall–Kier alpha value is -0.860. The summed E-state index contributed by atoms with van der Waals surface area (Å²) in [6, 6.07) is 10.7. The van der Waals surface area contributed by atoms with Gasteiger partial charge in [-0.1, -0.05) is 30.3 Å². The zero-order valence-electron chi connectivity index (χ0n) is 9.02. The third kappa shape index (κ3) is 3.05. The van der Waals surface area contributed by atoms with E-state index in [2.05, 4.69) is 35.6 Å². The quantitative estimate of drug-likeness (QED) is 0.694. The van der Waals surface area contributed by atoms with Crippen molar-refractivity contribution in [2.45, 2.75) is 18.8 Å². The van der Waals surface area contributed by atoms with Crippen molar-refractivity contribution in [2.75, 3.05) is 19.7 Å². The predicted molar refractivity (Wildman–Crippen MR) is 61.9 cm³/mol. The summed E-state index contributed by atoms with van der Waals surface area (Å²) in [5.41, 5.74) is 1.48. The monoisotopic (exact) mass is 205 g/mol. The second-order valence-electron chi connectivity index (χ2n) is 4.29. The molecule has 0 radical (unpaired) electrons. The summed E-state index contributed by atoms with van der Waals surface area (Å²) in [5.74, 6) is 1.58. The molecular formula is C13H19NO. The molecule has 2 unspecified atom stereocenters. The first kappa shape index (κ1) is 10.7. The van der Waals surface area contributed by atoms with Gasteiger partial charge in [-0.2, -0.15) is 0 Å². The van der Waals surface area contributed by atoms with Crippen molar-refractivity contribution in [3.63, 3.8) is 0 Å². The standard InChI is InChI=1S/C13H19NO/c15-8-4-7-14-10-12-9-13(12)11-5-2-1-3-6-11/h1-3,5-6,12-15H,4,7-10H2. The second-order valence-corrected chi connectivity index (χ2v) is 4.29. The number of aliphatic hydroxyl groups excluding tert-OH is 1. The molecule has 1 aromatic rings. The summed E-state index contributed by atoms with van der Waals surface area (Å²) in [7, 11) is 0. The van der Waals surface area contributed by atoms with E-state index < -0.39 is 0 Å². The van der Waals surface area contributed by atoms with Crippen LogP contribution in [0.25, 0.3) is 0 Å². The molecule has 0 amide bonds. The van der Waals surface area contributed by atoms with Crippen molar-refractivity contribution >= 4 is 0 Å². The van der Waals surface area contributed by atoms with Crippen molar-refractivity contribution in [2.24, 2.45) is 5.92 Å². The first-order chi connectivity index (χ1) is 7.42. The van der Waals surface area contributed by atoms with Crippen LogP contribution in [0.2, 0.25) is 0 Å². The number of hydrogen-bond donors (Lipinski definition) is 2. The van der Waals surface area contributed by atoms with E-state index >= 15 is 0 Å². The number of rotatable bonds is 6. The Bertz CT molecular complexity index is 286. The Morgan fingerprint density at radius 3 is 2.80 bits per heavy atom. The first-order valence-corrected chi connectivity index (χ1v) is 5.78. The van der Waals surface area contributed by atoms with Crippen LogP contribution in [0.4, 0.5) is 0 Å². The molecular weight excluding hydrogens is 186 g/mol. The average Bonchev–Trinajstić information content (AvgIpc) is 3.05. The third-order valence-corrected chi connectivity index (χ3v) is 3.07. The molecule has 0 heterocycles. The first-order valence-electron chi connectivity index (χ1n) is 5.78. The van der Waals surface area contributed by atoms with Crippen LogP contribution in [0.15, 0.2) is 30.3 Å². The van der Waals surface area contributed by atoms with E-state index in [0.29, 0.717) is 6.61 Å². The van der Waals surface area contributed by atoms with E-state index in [4.69, 9.17) is 5.11 Å². The van der Waals surface area contributed by atoms with Gasteiger partial charge in [0.1, 0.15) is 0 Å². The molecule has 0 aromatic heterocycles. The van der Waals surface area contributed by atoms with Gasteiger partial charge in [0.2, 0.25) is 0 Å². The highest BCUT2D eigenvalue weighted by molar-refractivity contribution is 5.25. The average molecular weight is 205 g/mol. The van der Waals surface area contributed by atoms with Gasteiger partial charge in [-0.05, 0) is 43.3 Å². The Morgan fingerprint density at radius 2 is 2.07 bits per heavy atom. The number of nitrogens with one attached hydrogen (secondary N) is 1. The molecule has 82 valence electrons. The van der Waals surface area contributed by atoms with Gasteiger partial charge in [0, 0.05) is 6.61 Å². The van der Waals surface area contributed by atoms with Gasteiger partial charge in [-0.25, -0.2) is 0 Å². The number of aliphatic hydroxyl groups is 1. The van der Waals surface area contributed by atoms with Crippen LogP contribution in [-0.4, -0.2) is 24.8 Å². The highest BCUT2D eigenvalue weighted by atomic mass is 16.3. The summed E-state index contributed by atoms with van der Waals surface area (Å²) >= 11 is 0. The highest BCUT2D eigenvalue weighted by Gasteiger charge is 2.37. The van der Waals surface area contributed by atoms with Crippen LogP contribution in [0.5, 0.6) is 0 Å². The van der Waals surface area contributed by atoms with Crippen molar-refractivity contribution < 1.29 is 5.11 Å². The molecule has 15 heavy (non-hydrogen) atoms. The van der Waals surface area contributed by atoms with E-state index in [9.17, 15) is 0 Å². The molecule has 1 saturated carbocycles. The fourth-order valence-electron chi connectivity index (χ4n) is 2.07. The van der Waals surface area contributed by atoms with Crippen molar-refractivity contribution in [3.05, 3.63) is 35.9 Å². The van der Waals surface area contributed by atoms with E-state index in [1.807, 2.05) is 0 Å². The van der Waals surface area contributed by atoms with Gasteiger partial charge in [-0.15, -0.1) is 0 Å². The van der Waals surface area contributed by atoms with E-state index in [-0.39, 0.29) is 0 Å². The van der Waals surface area contributed by atoms with Gasteiger partial charge in [0.15, 0.2) is 0 Å². The molecule has 1 aliphatic carbocycles. The lowest BCUT2D eigenvalue weighted by atomic mass is 10.1. The van der Waals surface area contributed by atoms with Gasteiger partial charge in [0.05, 0.1) is 0 Å². The SMILES string of the molecule is OCCCNCC1CC1c1ccccc1. The molecule has 1 aromatic carbocycles. The molecule has 1 aliphatic rings. The minimum absolute atomic E-state index is 0.291.